The lowest BCUT2D eigenvalue weighted by atomic mass is 9.96. The van der Waals surface area contributed by atoms with Crippen LogP contribution in [0.4, 0.5) is 0 Å². The first-order chi connectivity index (χ1) is 19.0. The van der Waals surface area contributed by atoms with Crippen molar-refractivity contribution in [1.29, 1.82) is 0 Å². The van der Waals surface area contributed by atoms with Gasteiger partial charge in [0.2, 0.25) is 17.7 Å². The number of hydrogen-bond acceptors (Lipinski definition) is 5. The van der Waals surface area contributed by atoms with Crippen molar-refractivity contribution in [2.45, 2.75) is 38.0 Å². The summed E-state index contributed by atoms with van der Waals surface area (Å²) in [5.74, 6) is -0.838. The fourth-order valence-electron chi connectivity index (χ4n) is 5.95. The molecular weight excluding hydrogens is 492 g/mol. The summed E-state index contributed by atoms with van der Waals surface area (Å²) in [4.78, 5) is 55.9. The Morgan fingerprint density at radius 3 is 2.15 bits per heavy atom. The molecule has 0 bridgehead atoms. The van der Waals surface area contributed by atoms with Crippen LogP contribution < -0.4 is 5.32 Å². The Labute approximate surface area is 227 Å². The minimum atomic E-state index is -0.636. The van der Waals surface area contributed by atoms with E-state index < -0.39 is 11.9 Å². The molecule has 3 aromatic carbocycles. The van der Waals surface area contributed by atoms with E-state index >= 15 is 0 Å². The molecule has 1 unspecified atom stereocenters. The van der Waals surface area contributed by atoms with E-state index in [0.717, 1.165) is 28.8 Å². The van der Waals surface area contributed by atoms with Crippen molar-refractivity contribution in [1.82, 2.24) is 20.0 Å². The zero-order valence-electron chi connectivity index (χ0n) is 21.6. The average Bonchev–Trinajstić information content (AvgIpc) is 3.27. The lowest BCUT2D eigenvalue weighted by molar-refractivity contribution is -0.138. The van der Waals surface area contributed by atoms with Gasteiger partial charge in [0.15, 0.2) is 0 Å². The molecule has 39 heavy (non-hydrogen) atoms. The number of benzene rings is 3. The summed E-state index contributed by atoms with van der Waals surface area (Å²) in [6.07, 6.45) is 0.564. The van der Waals surface area contributed by atoms with E-state index in [9.17, 15) is 19.2 Å². The van der Waals surface area contributed by atoms with Gasteiger partial charge in [-0.2, -0.15) is 0 Å². The van der Waals surface area contributed by atoms with Crippen molar-refractivity contribution in [3.05, 3.63) is 107 Å². The average molecular weight is 523 g/mol. The van der Waals surface area contributed by atoms with Crippen LogP contribution in [0.15, 0.2) is 78.9 Å². The lowest BCUT2D eigenvalue weighted by Crippen LogP contribution is -2.52. The molecule has 3 aliphatic heterocycles. The lowest BCUT2D eigenvalue weighted by Gasteiger charge is -2.39. The van der Waals surface area contributed by atoms with Gasteiger partial charge < -0.3 is 9.80 Å². The maximum absolute atomic E-state index is 13.3. The summed E-state index contributed by atoms with van der Waals surface area (Å²) in [5.41, 5.74) is 4.70. The van der Waals surface area contributed by atoms with Crippen molar-refractivity contribution in [2.75, 3.05) is 19.6 Å². The van der Waals surface area contributed by atoms with E-state index in [0.29, 0.717) is 38.2 Å². The van der Waals surface area contributed by atoms with Gasteiger partial charge in [-0.25, -0.2) is 0 Å². The molecule has 0 radical (unpaired) electrons. The summed E-state index contributed by atoms with van der Waals surface area (Å²) in [5, 5.41) is 2.34. The van der Waals surface area contributed by atoms with Crippen LogP contribution in [0.3, 0.4) is 0 Å². The monoisotopic (exact) mass is 522 g/mol. The van der Waals surface area contributed by atoms with Gasteiger partial charge in [0.25, 0.3) is 5.91 Å². The highest BCUT2D eigenvalue weighted by Crippen LogP contribution is 2.31. The zero-order valence-corrected chi connectivity index (χ0v) is 21.6. The van der Waals surface area contributed by atoms with Gasteiger partial charge in [-0.1, -0.05) is 72.8 Å². The summed E-state index contributed by atoms with van der Waals surface area (Å²) in [6, 6.07) is 25.6. The number of hydrogen-bond donors (Lipinski definition) is 1. The van der Waals surface area contributed by atoms with E-state index in [1.165, 1.54) is 0 Å². The summed E-state index contributed by atoms with van der Waals surface area (Å²) in [6.45, 7) is 2.46. The Balaban J connectivity index is 1.14. The highest BCUT2D eigenvalue weighted by Gasteiger charge is 2.39. The second kappa shape index (κ2) is 10.5. The van der Waals surface area contributed by atoms with Crippen LogP contribution in [0.2, 0.25) is 0 Å². The number of nitrogens with zero attached hydrogens (tertiary/aromatic N) is 3. The maximum Gasteiger partial charge on any atom is 0.255 e. The van der Waals surface area contributed by atoms with Gasteiger partial charge in [-0.15, -0.1) is 0 Å². The minimum Gasteiger partial charge on any atom is -0.336 e. The number of piperazine rings is 1. The van der Waals surface area contributed by atoms with E-state index in [4.69, 9.17) is 0 Å². The minimum absolute atomic E-state index is 0.00257. The second-order valence-corrected chi connectivity index (χ2v) is 10.4. The van der Waals surface area contributed by atoms with Crippen molar-refractivity contribution in [3.63, 3.8) is 0 Å². The predicted molar refractivity (Wildman–Crippen MR) is 144 cm³/mol. The Kier molecular flexibility index (Phi) is 6.70. The standard InChI is InChI=1S/C31H30N4O4/c36-27-14-13-26(30(38)32-27)35-19-24-17-21(11-12-25(24)31(35)39)18-33-15-16-34(20-28(33)37)29(22-7-3-1-4-8-22)23-9-5-2-6-10-23/h1-12,17,26,29H,13-16,18-20H2,(H,32,36,38). The molecule has 1 atom stereocenters. The summed E-state index contributed by atoms with van der Waals surface area (Å²) in [7, 11) is 0. The maximum atomic E-state index is 13.3. The highest BCUT2D eigenvalue weighted by molar-refractivity contribution is 6.05. The molecule has 0 spiro atoms. The number of rotatable bonds is 6. The first-order valence-electron chi connectivity index (χ1n) is 13.4. The van der Waals surface area contributed by atoms with Crippen molar-refractivity contribution >= 4 is 23.6 Å². The molecule has 8 nitrogen and oxygen atoms in total. The number of imide groups is 1. The molecule has 8 heteroatoms. The van der Waals surface area contributed by atoms with Crippen LogP contribution in [-0.2, 0) is 27.5 Å². The predicted octanol–water partition coefficient (Wildman–Crippen LogP) is 2.88. The molecule has 0 aliphatic carbocycles. The third-order valence-electron chi connectivity index (χ3n) is 7.91. The summed E-state index contributed by atoms with van der Waals surface area (Å²) < 4.78 is 0. The number of amides is 4. The van der Waals surface area contributed by atoms with Crippen molar-refractivity contribution in [3.8, 4) is 0 Å². The summed E-state index contributed by atoms with van der Waals surface area (Å²) >= 11 is 0. The van der Waals surface area contributed by atoms with Crippen LogP contribution >= 0.6 is 0 Å². The first-order valence-corrected chi connectivity index (χ1v) is 13.4. The molecule has 4 amide bonds. The Hall–Kier alpha value is -4.30. The molecule has 0 saturated carbocycles. The second-order valence-electron chi connectivity index (χ2n) is 10.4. The Morgan fingerprint density at radius 1 is 0.821 bits per heavy atom. The van der Waals surface area contributed by atoms with Gasteiger partial charge in [0, 0.05) is 38.2 Å². The zero-order chi connectivity index (χ0) is 26.9. The van der Waals surface area contributed by atoms with E-state index in [1.54, 1.807) is 11.0 Å². The third-order valence-corrected chi connectivity index (χ3v) is 7.91. The first kappa shape index (κ1) is 25.0. The molecule has 3 heterocycles. The largest absolute Gasteiger partial charge is 0.336 e. The van der Waals surface area contributed by atoms with Gasteiger partial charge in [0.05, 0.1) is 12.6 Å². The van der Waals surface area contributed by atoms with E-state index in [2.05, 4.69) is 34.5 Å². The van der Waals surface area contributed by atoms with Crippen LogP contribution in [-0.4, -0.2) is 64.0 Å². The number of nitrogens with one attached hydrogen (secondary N) is 1. The molecule has 6 rings (SSSR count). The number of carbonyl (C=O) groups is 4. The van der Waals surface area contributed by atoms with E-state index in [1.807, 2.05) is 53.4 Å². The molecule has 3 aromatic rings. The van der Waals surface area contributed by atoms with Gasteiger partial charge >= 0.3 is 0 Å². The molecule has 198 valence electrons. The normalized spacial score (nSPS) is 20.0. The van der Waals surface area contributed by atoms with E-state index in [-0.39, 0.29) is 30.2 Å². The quantitative estimate of drug-likeness (QED) is 0.503. The number of piperidine rings is 1. The molecule has 2 fully saturated rings. The molecule has 3 aliphatic rings. The van der Waals surface area contributed by atoms with Crippen LogP contribution in [0.25, 0.3) is 0 Å². The Morgan fingerprint density at radius 2 is 1.51 bits per heavy atom. The number of fused-ring (bicyclic) bond motifs is 1. The Bertz CT molecular complexity index is 1390. The van der Waals surface area contributed by atoms with Crippen molar-refractivity contribution < 1.29 is 19.2 Å². The molecular formula is C31H30N4O4. The molecule has 0 aromatic heterocycles. The van der Waals surface area contributed by atoms with Gasteiger partial charge in [0.1, 0.15) is 6.04 Å². The van der Waals surface area contributed by atoms with Crippen LogP contribution in [0, 0.1) is 0 Å². The topological polar surface area (TPSA) is 90.0 Å². The molecule has 2 saturated heterocycles. The third kappa shape index (κ3) is 4.95. The van der Waals surface area contributed by atoms with Crippen LogP contribution in [0.5, 0.6) is 0 Å². The smallest absolute Gasteiger partial charge is 0.255 e. The molecule has 1 N–H and O–H groups in total. The SMILES string of the molecule is O=C1CCC(N2Cc3cc(CN4CCN(C(c5ccccc5)c5ccccc5)CC4=O)ccc3C2=O)C(=O)N1. The van der Waals surface area contributed by atoms with Crippen molar-refractivity contribution in [2.24, 2.45) is 0 Å². The van der Waals surface area contributed by atoms with Gasteiger partial charge in [-0.3, -0.25) is 29.4 Å². The fraction of sp³-hybridized carbons (Fsp3) is 0.290. The fourth-order valence-corrected chi connectivity index (χ4v) is 5.95. The highest BCUT2D eigenvalue weighted by atomic mass is 16.2. The van der Waals surface area contributed by atoms with Gasteiger partial charge in [-0.05, 0) is 34.7 Å². The van der Waals surface area contributed by atoms with Crippen LogP contribution in [0.1, 0.15) is 51.5 Å². The number of carbonyl (C=O) groups excluding carboxylic acids is 4.